The number of carbonyl (C=O) groups excluding carboxylic acids is 1. The summed E-state index contributed by atoms with van der Waals surface area (Å²) in [6, 6.07) is -0.937. The fraction of sp³-hybridized carbons (Fsp3) is 0.737. The first kappa shape index (κ1) is 63.7. The van der Waals surface area contributed by atoms with E-state index < -0.39 is 26.6 Å². The zero-order valence-electron chi connectivity index (χ0n) is 43.4. The van der Waals surface area contributed by atoms with Gasteiger partial charge >= 0.3 is 0 Å². The van der Waals surface area contributed by atoms with E-state index in [2.05, 4.69) is 92.1 Å². The van der Waals surface area contributed by atoms with Crippen molar-refractivity contribution in [2.24, 2.45) is 0 Å². The first-order valence-corrected chi connectivity index (χ1v) is 28.4. The SMILES string of the molecule is CC/C=C\C/C=C\C/C=C\C/C=C\CCCCC(=O)NC(COP(=O)([O-])OCC[N+](C)(C)C)C(O)/C=C/CC/C=C/CC/C=C/CCCCCCCCCCCCCCCCCCCCC. The Balaban J connectivity index is 4.32. The molecule has 0 aromatic heterocycles. The summed E-state index contributed by atoms with van der Waals surface area (Å²) in [4.78, 5) is 25.4. The number of allylic oxidation sites excluding steroid dienone is 13. The Labute approximate surface area is 407 Å². The van der Waals surface area contributed by atoms with E-state index in [1.165, 1.54) is 128 Å². The van der Waals surface area contributed by atoms with Crippen LogP contribution in [0.4, 0.5) is 0 Å². The lowest BCUT2D eigenvalue weighted by Crippen LogP contribution is -2.45. The summed E-state index contributed by atoms with van der Waals surface area (Å²) in [5.41, 5.74) is 0. The summed E-state index contributed by atoms with van der Waals surface area (Å²) in [5, 5.41) is 13.8. The number of quaternary nitrogens is 1. The Morgan fingerprint density at radius 3 is 1.41 bits per heavy atom. The molecule has 1 amide bonds. The summed E-state index contributed by atoms with van der Waals surface area (Å²) in [6.07, 6.45) is 66.8. The van der Waals surface area contributed by atoms with Crippen molar-refractivity contribution in [3.63, 3.8) is 0 Å². The van der Waals surface area contributed by atoms with Gasteiger partial charge in [-0.1, -0.05) is 214 Å². The third-order valence-corrected chi connectivity index (χ3v) is 12.5. The molecule has 2 N–H and O–H groups in total. The van der Waals surface area contributed by atoms with Gasteiger partial charge in [-0.25, -0.2) is 0 Å². The zero-order chi connectivity index (χ0) is 48.5. The van der Waals surface area contributed by atoms with Crippen LogP contribution in [0.2, 0.25) is 0 Å². The molecule has 0 heterocycles. The smallest absolute Gasteiger partial charge is 0.268 e. The molecule has 0 aromatic rings. The minimum absolute atomic E-state index is 0.0213. The number of nitrogens with one attached hydrogen (secondary N) is 1. The summed E-state index contributed by atoms with van der Waals surface area (Å²) < 4.78 is 23.2. The molecule has 0 aliphatic heterocycles. The van der Waals surface area contributed by atoms with Crippen molar-refractivity contribution >= 4 is 13.7 Å². The van der Waals surface area contributed by atoms with Crippen LogP contribution in [0.15, 0.2) is 85.1 Å². The average molecular weight is 943 g/mol. The van der Waals surface area contributed by atoms with Gasteiger partial charge in [-0.15, -0.1) is 0 Å². The lowest BCUT2D eigenvalue weighted by Gasteiger charge is -2.29. The number of aliphatic hydroxyl groups is 1. The molecule has 0 rings (SSSR count). The van der Waals surface area contributed by atoms with Crippen LogP contribution in [0.5, 0.6) is 0 Å². The predicted octanol–water partition coefficient (Wildman–Crippen LogP) is 15.5. The number of carbonyl (C=O) groups is 1. The molecule has 3 unspecified atom stereocenters. The second kappa shape index (κ2) is 47.7. The minimum Gasteiger partial charge on any atom is -0.756 e. The van der Waals surface area contributed by atoms with Crippen LogP contribution in [0, 0.1) is 0 Å². The van der Waals surface area contributed by atoms with E-state index in [9.17, 15) is 19.4 Å². The van der Waals surface area contributed by atoms with Gasteiger partial charge in [-0.05, 0) is 83.5 Å². The fourth-order valence-electron chi connectivity index (χ4n) is 7.35. The number of hydrogen-bond acceptors (Lipinski definition) is 6. The number of amides is 1. The number of nitrogens with zero attached hydrogens (tertiary/aromatic N) is 1. The second-order valence-electron chi connectivity index (χ2n) is 19.2. The Morgan fingerprint density at radius 2 is 0.939 bits per heavy atom. The van der Waals surface area contributed by atoms with Crippen molar-refractivity contribution in [2.45, 2.75) is 231 Å². The molecular weight excluding hydrogens is 840 g/mol. The van der Waals surface area contributed by atoms with Crippen LogP contribution >= 0.6 is 7.82 Å². The molecule has 8 nitrogen and oxygen atoms in total. The van der Waals surface area contributed by atoms with Crippen LogP contribution < -0.4 is 10.2 Å². The third-order valence-electron chi connectivity index (χ3n) is 11.6. The number of hydrogen-bond donors (Lipinski definition) is 2. The molecule has 0 saturated carbocycles. The Kier molecular flexibility index (Phi) is 46.1. The molecule has 0 fully saturated rings. The largest absolute Gasteiger partial charge is 0.756 e. The highest BCUT2D eigenvalue weighted by Crippen LogP contribution is 2.38. The van der Waals surface area contributed by atoms with Gasteiger partial charge in [0.2, 0.25) is 5.91 Å². The number of rotatable bonds is 48. The number of unbranched alkanes of at least 4 members (excludes halogenated alkanes) is 23. The highest BCUT2D eigenvalue weighted by atomic mass is 31.2. The van der Waals surface area contributed by atoms with Crippen molar-refractivity contribution in [3.05, 3.63) is 85.1 Å². The number of phosphoric acid groups is 1. The van der Waals surface area contributed by atoms with Crippen LogP contribution in [0.1, 0.15) is 219 Å². The van der Waals surface area contributed by atoms with Gasteiger partial charge in [-0.2, -0.15) is 0 Å². The van der Waals surface area contributed by atoms with Gasteiger partial charge in [0.15, 0.2) is 0 Å². The van der Waals surface area contributed by atoms with Gasteiger partial charge in [0, 0.05) is 6.42 Å². The van der Waals surface area contributed by atoms with E-state index >= 15 is 0 Å². The molecule has 0 bridgehead atoms. The van der Waals surface area contributed by atoms with E-state index in [4.69, 9.17) is 9.05 Å². The van der Waals surface area contributed by atoms with Crippen LogP contribution in [0.3, 0.4) is 0 Å². The highest BCUT2D eigenvalue weighted by Gasteiger charge is 2.23. The van der Waals surface area contributed by atoms with Gasteiger partial charge in [0.1, 0.15) is 13.2 Å². The van der Waals surface area contributed by atoms with E-state index in [-0.39, 0.29) is 18.9 Å². The van der Waals surface area contributed by atoms with E-state index in [1.54, 1.807) is 6.08 Å². The van der Waals surface area contributed by atoms with Crippen molar-refractivity contribution in [3.8, 4) is 0 Å². The molecule has 0 spiro atoms. The summed E-state index contributed by atoms with van der Waals surface area (Å²) in [5.74, 6) is -0.254. The molecule has 0 aliphatic carbocycles. The minimum atomic E-state index is -4.62. The number of phosphoric ester groups is 1. The molecular formula is C57H103N2O6P. The predicted molar refractivity (Wildman–Crippen MR) is 283 cm³/mol. The maximum absolute atomic E-state index is 12.9. The second-order valence-corrected chi connectivity index (χ2v) is 20.6. The summed E-state index contributed by atoms with van der Waals surface area (Å²) >= 11 is 0. The Bertz CT molecular complexity index is 1350. The molecule has 0 saturated heterocycles. The monoisotopic (exact) mass is 943 g/mol. The van der Waals surface area contributed by atoms with Crippen LogP contribution in [-0.2, 0) is 18.4 Å². The standard InChI is InChI=1S/C57H103N2O6P/c1-6-8-10-12-14-16-18-20-22-23-24-25-26-27-28-29-30-31-32-33-34-35-37-38-40-42-44-46-48-50-56(60)55(54-65-66(62,63)64-53-52-59(3,4)5)58-57(61)51-49-47-45-43-41-39-36-21-19-17-15-13-11-9-7-2/h9,11,15,17,21,34-36,40-43,48,50,55-56,60H,6-8,10,12-14,16,18-20,22-33,37-39,44-47,49,51-54H2,1-5H3,(H-,58,61,62,63)/b11-9-,17-15-,35-34+,36-21-,42-40+,43-41-,50-48+. The summed E-state index contributed by atoms with van der Waals surface area (Å²) in [7, 11) is 1.20. The number of aliphatic hydroxyl groups excluding tert-OH is 1. The Morgan fingerprint density at radius 1 is 0.545 bits per heavy atom. The lowest BCUT2D eigenvalue weighted by molar-refractivity contribution is -0.870. The third kappa shape index (κ3) is 49.6. The molecule has 0 aromatic carbocycles. The molecule has 9 heteroatoms. The van der Waals surface area contributed by atoms with Crippen LogP contribution in [-0.4, -0.2) is 68.5 Å². The Hall–Kier alpha value is -2.32. The van der Waals surface area contributed by atoms with E-state index in [0.29, 0.717) is 17.4 Å². The van der Waals surface area contributed by atoms with Crippen molar-refractivity contribution in [1.29, 1.82) is 0 Å². The molecule has 3 atom stereocenters. The van der Waals surface area contributed by atoms with Crippen molar-refractivity contribution in [2.75, 3.05) is 40.9 Å². The van der Waals surface area contributed by atoms with E-state index in [0.717, 1.165) is 64.2 Å². The normalized spacial score (nSPS) is 14.7. The maximum atomic E-state index is 12.9. The van der Waals surface area contributed by atoms with Crippen molar-refractivity contribution < 1.29 is 32.9 Å². The maximum Gasteiger partial charge on any atom is 0.268 e. The fourth-order valence-corrected chi connectivity index (χ4v) is 8.07. The topological polar surface area (TPSA) is 108 Å². The average Bonchev–Trinajstić information content (AvgIpc) is 3.28. The zero-order valence-corrected chi connectivity index (χ0v) is 44.3. The molecule has 0 aliphatic rings. The lowest BCUT2D eigenvalue weighted by atomic mass is 10.0. The van der Waals surface area contributed by atoms with Gasteiger partial charge in [0.25, 0.3) is 7.82 Å². The quantitative estimate of drug-likeness (QED) is 0.0272. The van der Waals surface area contributed by atoms with Gasteiger partial charge < -0.3 is 28.8 Å². The van der Waals surface area contributed by atoms with E-state index in [1.807, 2.05) is 27.2 Å². The summed E-state index contributed by atoms with van der Waals surface area (Å²) in [6.45, 7) is 4.47. The van der Waals surface area contributed by atoms with Crippen LogP contribution in [0.25, 0.3) is 0 Å². The molecule has 0 radical (unpaired) electrons. The highest BCUT2D eigenvalue weighted by molar-refractivity contribution is 7.45. The number of likely N-dealkylation sites (N-methyl/N-ethyl adjacent to an activating group) is 1. The first-order chi connectivity index (χ1) is 32.0. The molecule has 382 valence electrons. The van der Waals surface area contributed by atoms with Crippen molar-refractivity contribution in [1.82, 2.24) is 5.32 Å². The van der Waals surface area contributed by atoms with Gasteiger partial charge in [0.05, 0.1) is 39.9 Å². The molecule has 66 heavy (non-hydrogen) atoms. The first-order valence-electron chi connectivity index (χ1n) is 26.9. The van der Waals surface area contributed by atoms with Gasteiger partial charge in [-0.3, -0.25) is 9.36 Å².